The fourth-order valence-corrected chi connectivity index (χ4v) is 2.22. The molecule has 21 heavy (non-hydrogen) atoms. The summed E-state index contributed by atoms with van der Waals surface area (Å²) >= 11 is 0. The zero-order valence-corrected chi connectivity index (χ0v) is 12.0. The van der Waals surface area contributed by atoms with Crippen molar-refractivity contribution in [3.63, 3.8) is 0 Å². The average molecular weight is 291 g/mol. The Morgan fingerprint density at radius 3 is 2.57 bits per heavy atom. The molecule has 4 heteroatoms. The maximum Gasteiger partial charge on any atom is 0.127 e. The molecule has 0 bridgehead atoms. The molecule has 0 heterocycles. The predicted molar refractivity (Wildman–Crippen MR) is 78.7 cm³/mol. The summed E-state index contributed by atoms with van der Waals surface area (Å²) in [6.45, 7) is 1.06. The number of hydrogen-bond donors (Lipinski definition) is 1. The molecular weight excluding hydrogens is 272 g/mol. The second kappa shape index (κ2) is 7.29. The number of aliphatic hydroxyl groups excluding tert-OH is 1. The topological polar surface area (TPSA) is 23.5 Å². The Hall–Kier alpha value is -1.78. The van der Waals surface area contributed by atoms with Gasteiger partial charge in [0.2, 0.25) is 0 Å². The summed E-state index contributed by atoms with van der Waals surface area (Å²) < 4.78 is 26.6. The minimum Gasteiger partial charge on any atom is -0.388 e. The molecule has 1 atom stereocenters. The number of rotatable bonds is 6. The molecule has 2 aromatic carbocycles. The molecular formula is C17H19F2NO. The van der Waals surface area contributed by atoms with Crippen molar-refractivity contribution in [2.45, 2.75) is 19.1 Å². The largest absolute Gasteiger partial charge is 0.388 e. The van der Waals surface area contributed by atoms with E-state index in [1.54, 1.807) is 30.3 Å². The lowest BCUT2D eigenvalue weighted by Crippen LogP contribution is -2.21. The maximum atomic E-state index is 13.5. The molecule has 2 rings (SSSR count). The van der Waals surface area contributed by atoms with E-state index in [-0.39, 0.29) is 11.6 Å². The van der Waals surface area contributed by atoms with Gasteiger partial charge < -0.3 is 10.0 Å². The van der Waals surface area contributed by atoms with Crippen LogP contribution in [-0.2, 0) is 6.54 Å². The SMILES string of the molecule is CN(CCC(O)c1cccc(F)c1)Cc1ccccc1F. The van der Waals surface area contributed by atoms with Gasteiger partial charge in [-0.1, -0.05) is 30.3 Å². The third-order valence-corrected chi connectivity index (χ3v) is 3.42. The van der Waals surface area contributed by atoms with Crippen molar-refractivity contribution in [3.8, 4) is 0 Å². The van der Waals surface area contributed by atoms with E-state index >= 15 is 0 Å². The van der Waals surface area contributed by atoms with Gasteiger partial charge in [0.25, 0.3) is 0 Å². The third kappa shape index (κ3) is 4.62. The van der Waals surface area contributed by atoms with Crippen molar-refractivity contribution in [3.05, 3.63) is 71.3 Å². The minimum atomic E-state index is -0.719. The maximum absolute atomic E-state index is 13.5. The van der Waals surface area contributed by atoms with Crippen molar-refractivity contribution >= 4 is 0 Å². The van der Waals surface area contributed by atoms with Gasteiger partial charge in [0.15, 0.2) is 0 Å². The Morgan fingerprint density at radius 1 is 1.10 bits per heavy atom. The van der Waals surface area contributed by atoms with E-state index in [1.165, 1.54) is 18.2 Å². The van der Waals surface area contributed by atoms with E-state index in [1.807, 2.05) is 11.9 Å². The molecule has 112 valence electrons. The molecule has 0 amide bonds. The van der Waals surface area contributed by atoms with E-state index in [4.69, 9.17) is 0 Å². The first kappa shape index (κ1) is 15.6. The smallest absolute Gasteiger partial charge is 0.127 e. The van der Waals surface area contributed by atoms with Gasteiger partial charge in [-0.25, -0.2) is 8.78 Å². The fourth-order valence-electron chi connectivity index (χ4n) is 2.22. The van der Waals surface area contributed by atoms with Crippen LogP contribution >= 0.6 is 0 Å². The highest BCUT2D eigenvalue weighted by atomic mass is 19.1. The first-order chi connectivity index (χ1) is 10.1. The van der Waals surface area contributed by atoms with Crippen LogP contribution in [0, 0.1) is 11.6 Å². The summed E-state index contributed by atoms with van der Waals surface area (Å²) in [6.07, 6.45) is -0.252. The summed E-state index contributed by atoms with van der Waals surface area (Å²) in [5, 5.41) is 10.0. The molecule has 0 aliphatic carbocycles. The summed E-state index contributed by atoms with van der Waals surface area (Å²) in [5.74, 6) is -0.582. The molecule has 0 saturated heterocycles. The van der Waals surface area contributed by atoms with Crippen molar-refractivity contribution < 1.29 is 13.9 Å². The normalized spacial score (nSPS) is 12.6. The minimum absolute atomic E-state index is 0.227. The van der Waals surface area contributed by atoms with Gasteiger partial charge in [-0.2, -0.15) is 0 Å². The predicted octanol–water partition coefficient (Wildman–Crippen LogP) is 3.52. The molecule has 0 aliphatic heterocycles. The monoisotopic (exact) mass is 291 g/mol. The molecule has 1 N–H and O–H groups in total. The summed E-state index contributed by atoms with van der Waals surface area (Å²) in [4.78, 5) is 1.93. The number of hydrogen-bond acceptors (Lipinski definition) is 2. The summed E-state index contributed by atoms with van der Waals surface area (Å²) in [6, 6.07) is 12.6. The Labute approximate surface area is 123 Å². The van der Waals surface area contributed by atoms with Crippen LogP contribution < -0.4 is 0 Å². The van der Waals surface area contributed by atoms with Gasteiger partial charge in [-0.3, -0.25) is 0 Å². The van der Waals surface area contributed by atoms with Crippen molar-refractivity contribution in [2.75, 3.05) is 13.6 Å². The van der Waals surface area contributed by atoms with Crippen LogP contribution in [0.1, 0.15) is 23.7 Å². The Morgan fingerprint density at radius 2 is 1.86 bits per heavy atom. The molecule has 1 unspecified atom stereocenters. The van der Waals surface area contributed by atoms with Crippen molar-refractivity contribution in [1.82, 2.24) is 4.90 Å². The van der Waals surface area contributed by atoms with Crippen LogP contribution in [0.5, 0.6) is 0 Å². The van der Waals surface area contributed by atoms with E-state index in [0.717, 1.165) is 0 Å². The van der Waals surface area contributed by atoms with Crippen LogP contribution in [0.4, 0.5) is 8.78 Å². The Bertz CT molecular complexity index is 589. The van der Waals surface area contributed by atoms with E-state index in [2.05, 4.69) is 0 Å². The average Bonchev–Trinajstić information content (AvgIpc) is 2.47. The highest BCUT2D eigenvalue weighted by Gasteiger charge is 2.11. The molecule has 0 fully saturated rings. The second-order valence-electron chi connectivity index (χ2n) is 5.19. The molecule has 0 saturated carbocycles. The van der Waals surface area contributed by atoms with E-state index in [0.29, 0.717) is 30.6 Å². The fraction of sp³-hybridized carbons (Fsp3) is 0.294. The van der Waals surface area contributed by atoms with E-state index < -0.39 is 6.10 Å². The molecule has 2 nitrogen and oxygen atoms in total. The van der Waals surface area contributed by atoms with Gasteiger partial charge in [-0.15, -0.1) is 0 Å². The molecule has 0 spiro atoms. The standard InChI is InChI=1S/C17H19F2NO/c1-20(12-14-5-2-3-8-16(14)19)10-9-17(21)13-6-4-7-15(18)11-13/h2-8,11,17,21H,9-10,12H2,1H3. The summed E-state index contributed by atoms with van der Waals surface area (Å²) in [7, 11) is 1.87. The first-order valence-corrected chi connectivity index (χ1v) is 6.92. The second-order valence-corrected chi connectivity index (χ2v) is 5.19. The lowest BCUT2D eigenvalue weighted by atomic mass is 10.1. The number of nitrogens with zero attached hydrogens (tertiary/aromatic N) is 1. The Kier molecular flexibility index (Phi) is 5.42. The first-order valence-electron chi connectivity index (χ1n) is 6.92. The van der Waals surface area contributed by atoms with Crippen molar-refractivity contribution in [1.29, 1.82) is 0 Å². The lowest BCUT2D eigenvalue weighted by molar-refractivity contribution is 0.147. The molecule has 2 aromatic rings. The van der Waals surface area contributed by atoms with Crippen LogP contribution in [0.25, 0.3) is 0 Å². The molecule has 0 aromatic heterocycles. The highest BCUT2D eigenvalue weighted by Crippen LogP contribution is 2.18. The zero-order valence-electron chi connectivity index (χ0n) is 12.0. The van der Waals surface area contributed by atoms with Crippen LogP contribution in [-0.4, -0.2) is 23.6 Å². The van der Waals surface area contributed by atoms with Crippen LogP contribution in [0.2, 0.25) is 0 Å². The quantitative estimate of drug-likeness (QED) is 0.880. The summed E-state index contributed by atoms with van der Waals surface area (Å²) in [5.41, 5.74) is 1.19. The Balaban J connectivity index is 1.86. The number of halogens is 2. The number of aliphatic hydroxyl groups is 1. The van der Waals surface area contributed by atoms with Gasteiger partial charge in [0, 0.05) is 18.7 Å². The van der Waals surface area contributed by atoms with Gasteiger partial charge in [0.1, 0.15) is 11.6 Å². The van der Waals surface area contributed by atoms with Gasteiger partial charge >= 0.3 is 0 Å². The third-order valence-electron chi connectivity index (χ3n) is 3.42. The van der Waals surface area contributed by atoms with Crippen molar-refractivity contribution in [2.24, 2.45) is 0 Å². The number of benzene rings is 2. The zero-order chi connectivity index (χ0) is 15.2. The molecule has 0 aliphatic rings. The van der Waals surface area contributed by atoms with Crippen LogP contribution in [0.3, 0.4) is 0 Å². The van der Waals surface area contributed by atoms with Gasteiger partial charge in [-0.05, 0) is 37.2 Å². The molecule has 0 radical (unpaired) electrons. The van der Waals surface area contributed by atoms with Crippen LogP contribution in [0.15, 0.2) is 48.5 Å². The highest BCUT2D eigenvalue weighted by molar-refractivity contribution is 5.19. The van der Waals surface area contributed by atoms with E-state index in [9.17, 15) is 13.9 Å². The van der Waals surface area contributed by atoms with Gasteiger partial charge in [0.05, 0.1) is 6.10 Å². The lowest BCUT2D eigenvalue weighted by Gasteiger charge is -2.19.